The summed E-state index contributed by atoms with van der Waals surface area (Å²) in [5.74, 6) is -1.39. The van der Waals surface area contributed by atoms with E-state index >= 15 is 0 Å². The molecule has 1 aliphatic heterocycles. The number of unbranched alkanes of at least 4 members (excludes halogenated alkanes) is 1. The number of aromatic carboxylic acids is 1. The van der Waals surface area contributed by atoms with Gasteiger partial charge in [0.2, 0.25) is 0 Å². The molecule has 1 aliphatic rings. The Hall–Kier alpha value is -1.87. The Morgan fingerprint density at radius 2 is 2.08 bits per heavy atom. The van der Waals surface area contributed by atoms with Crippen LogP contribution in [0.15, 0.2) is 22.1 Å². The molecular formula is C17H24N2O5S2. The third-order valence-electron chi connectivity index (χ3n) is 4.20. The van der Waals surface area contributed by atoms with Gasteiger partial charge in [0.05, 0.1) is 5.75 Å². The summed E-state index contributed by atoms with van der Waals surface area (Å²) >= 11 is 0. The van der Waals surface area contributed by atoms with Gasteiger partial charge in [-0.2, -0.15) is 0 Å². The third-order valence-corrected chi connectivity index (χ3v) is 7.32. The molecule has 2 rings (SSSR count). The molecule has 2 unspecified atom stereocenters. The van der Waals surface area contributed by atoms with Crippen LogP contribution in [0, 0.1) is 0 Å². The second-order valence-electron chi connectivity index (χ2n) is 6.09. The number of rotatable bonds is 8. The van der Waals surface area contributed by atoms with Crippen LogP contribution in [0.2, 0.25) is 0 Å². The van der Waals surface area contributed by atoms with E-state index in [1.54, 1.807) is 6.08 Å². The minimum atomic E-state index is -2.69. The molecule has 7 nitrogen and oxygen atoms in total. The Kier molecular flexibility index (Phi) is 7.22. The van der Waals surface area contributed by atoms with Crippen LogP contribution in [0.3, 0.4) is 0 Å². The first-order valence-electron chi connectivity index (χ1n) is 8.53. The molecule has 1 amide bonds. The lowest BCUT2D eigenvalue weighted by atomic mass is 10.1. The molecule has 0 saturated heterocycles. The molecule has 1 aromatic rings. The fourth-order valence-corrected chi connectivity index (χ4v) is 6.10. The van der Waals surface area contributed by atoms with Crippen molar-refractivity contribution in [3.05, 3.63) is 28.4 Å². The lowest BCUT2D eigenvalue weighted by molar-refractivity contribution is 0.0690. The Bertz CT molecular complexity index is 796. The summed E-state index contributed by atoms with van der Waals surface area (Å²) in [7, 11) is -4.28. The molecule has 2 heterocycles. The molecule has 0 radical (unpaired) electrons. The summed E-state index contributed by atoms with van der Waals surface area (Å²) in [5, 5.41) is 12.0. The van der Waals surface area contributed by atoms with Crippen molar-refractivity contribution < 1.29 is 23.1 Å². The van der Waals surface area contributed by atoms with Crippen LogP contribution in [-0.2, 0) is 10.7 Å². The quantitative estimate of drug-likeness (QED) is 0.499. The van der Waals surface area contributed by atoms with Crippen molar-refractivity contribution >= 4 is 38.9 Å². The van der Waals surface area contributed by atoms with Crippen LogP contribution in [0.5, 0.6) is 0 Å². The van der Waals surface area contributed by atoms with Crippen molar-refractivity contribution in [3.8, 4) is 0 Å². The van der Waals surface area contributed by atoms with E-state index in [2.05, 4.69) is 17.2 Å². The van der Waals surface area contributed by atoms with Crippen LogP contribution in [0.25, 0.3) is 6.08 Å². The van der Waals surface area contributed by atoms with Crippen molar-refractivity contribution in [1.29, 1.82) is 0 Å². The van der Waals surface area contributed by atoms with Crippen molar-refractivity contribution in [2.24, 2.45) is 0 Å². The molecule has 2 atom stereocenters. The van der Waals surface area contributed by atoms with Crippen LogP contribution in [0.1, 0.15) is 55.6 Å². The zero-order chi connectivity index (χ0) is 19.3. The first-order valence-corrected chi connectivity index (χ1v) is 11.2. The molecule has 9 heteroatoms. The van der Waals surface area contributed by atoms with E-state index in [4.69, 9.17) is 5.11 Å². The fraction of sp³-hybridized carbons (Fsp3) is 0.471. The van der Waals surface area contributed by atoms with Crippen molar-refractivity contribution in [2.45, 2.75) is 50.5 Å². The van der Waals surface area contributed by atoms with E-state index in [-0.39, 0.29) is 22.7 Å². The number of pyridine rings is 1. The summed E-state index contributed by atoms with van der Waals surface area (Å²) < 4.78 is 22.5. The van der Waals surface area contributed by atoms with E-state index in [9.17, 15) is 18.0 Å². The standard InChI is InChI=1S/C17H24N2O5S2/c1-3-5-6-12(4-2)19-17(22)26-13(10-25(23)24)7-11-9-18-14(16(20)21)8-15(11)26/h7-9,12,25-26H,3-6,10H2,1-2H3,(H,19,22)(H,20,21). The second kappa shape index (κ2) is 9.18. The number of nitrogens with one attached hydrogen (secondary N) is 1. The van der Waals surface area contributed by atoms with Gasteiger partial charge in [0.25, 0.3) is 5.24 Å². The number of amides is 1. The number of thiol groups is 2. The maximum absolute atomic E-state index is 12.9. The lowest BCUT2D eigenvalue weighted by Crippen LogP contribution is -2.33. The predicted octanol–water partition coefficient (Wildman–Crippen LogP) is 2.78. The first kappa shape index (κ1) is 20.4. The lowest BCUT2D eigenvalue weighted by Gasteiger charge is -2.24. The normalized spacial score (nSPS) is 18.3. The average Bonchev–Trinajstić information content (AvgIpc) is 2.94. The van der Waals surface area contributed by atoms with Crippen LogP contribution >= 0.6 is 10.9 Å². The second-order valence-corrected chi connectivity index (χ2v) is 9.21. The number of hydrogen-bond acceptors (Lipinski definition) is 5. The zero-order valence-electron chi connectivity index (χ0n) is 14.8. The van der Waals surface area contributed by atoms with Gasteiger partial charge in [-0.3, -0.25) is 4.79 Å². The summed E-state index contributed by atoms with van der Waals surface area (Å²) in [6.45, 7) is 4.08. The van der Waals surface area contributed by atoms with Gasteiger partial charge in [-0.05, 0) is 29.9 Å². The molecule has 144 valence electrons. The Balaban J connectivity index is 2.33. The maximum Gasteiger partial charge on any atom is 0.354 e. The number of fused-ring (bicyclic) bond motifs is 1. The number of nitrogens with zero attached hydrogens (tertiary/aromatic N) is 1. The van der Waals surface area contributed by atoms with Gasteiger partial charge in [0.1, 0.15) is 16.4 Å². The Morgan fingerprint density at radius 1 is 1.35 bits per heavy atom. The number of carboxylic acids is 1. The molecule has 26 heavy (non-hydrogen) atoms. The highest BCUT2D eigenvalue weighted by Crippen LogP contribution is 2.52. The molecule has 0 saturated carbocycles. The summed E-state index contributed by atoms with van der Waals surface area (Å²) in [6, 6.07) is 1.41. The van der Waals surface area contributed by atoms with Crippen molar-refractivity contribution in [3.63, 3.8) is 0 Å². The SMILES string of the molecule is CCCCC(CC)NC(=O)[SH]1C(C[SH](=O)=O)=Cc2cnc(C(=O)O)cc21. The van der Waals surface area contributed by atoms with Gasteiger partial charge in [-0.15, -0.1) is 10.9 Å². The highest BCUT2D eigenvalue weighted by atomic mass is 32.2. The van der Waals surface area contributed by atoms with Gasteiger partial charge in [0.15, 0.2) is 0 Å². The van der Waals surface area contributed by atoms with Gasteiger partial charge in [0, 0.05) is 22.7 Å². The monoisotopic (exact) mass is 400 g/mol. The molecule has 0 fully saturated rings. The van der Waals surface area contributed by atoms with Gasteiger partial charge >= 0.3 is 5.97 Å². The summed E-state index contributed by atoms with van der Waals surface area (Å²) in [4.78, 5) is 29.1. The molecule has 0 spiro atoms. The average molecular weight is 401 g/mol. The van der Waals surface area contributed by atoms with E-state index in [1.807, 2.05) is 6.92 Å². The number of carbonyl (C=O) groups is 2. The van der Waals surface area contributed by atoms with Gasteiger partial charge in [-0.1, -0.05) is 26.7 Å². The largest absolute Gasteiger partial charge is 0.477 e. The van der Waals surface area contributed by atoms with Gasteiger partial charge < -0.3 is 10.4 Å². The Labute approximate surface area is 157 Å². The molecule has 2 N–H and O–H groups in total. The number of hydrogen-bond donors (Lipinski definition) is 4. The van der Waals surface area contributed by atoms with Crippen LogP contribution in [-0.4, -0.2) is 41.5 Å². The van der Waals surface area contributed by atoms with E-state index in [0.29, 0.717) is 15.4 Å². The predicted molar refractivity (Wildman–Crippen MR) is 104 cm³/mol. The highest BCUT2D eigenvalue weighted by Gasteiger charge is 2.30. The smallest absolute Gasteiger partial charge is 0.354 e. The third kappa shape index (κ3) is 4.85. The zero-order valence-corrected chi connectivity index (χ0v) is 16.6. The Morgan fingerprint density at radius 3 is 2.65 bits per heavy atom. The molecular weight excluding hydrogens is 376 g/mol. The summed E-state index contributed by atoms with van der Waals surface area (Å²) in [5.41, 5.74) is 0.466. The molecule has 0 aliphatic carbocycles. The van der Waals surface area contributed by atoms with Crippen LogP contribution < -0.4 is 5.32 Å². The maximum atomic E-state index is 12.9. The fourth-order valence-electron chi connectivity index (χ4n) is 2.83. The minimum absolute atomic E-state index is 0.0250. The van der Waals surface area contributed by atoms with E-state index < -0.39 is 27.6 Å². The van der Waals surface area contributed by atoms with Crippen molar-refractivity contribution in [1.82, 2.24) is 10.3 Å². The number of carbonyl (C=O) groups excluding carboxylic acids is 1. The molecule has 0 aromatic carbocycles. The summed E-state index contributed by atoms with van der Waals surface area (Å²) in [6.07, 6.45) is 6.71. The number of aromatic nitrogens is 1. The van der Waals surface area contributed by atoms with Gasteiger partial charge in [-0.25, -0.2) is 18.2 Å². The van der Waals surface area contributed by atoms with E-state index in [0.717, 1.165) is 25.7 Å². The molecule has 0 bridgehead atoms. The van der Waals surface area contributed by atoms with E-state index in [1.165, 1.54) is 12.3 Å². The topological polar surface area (TPSA) is 113 Å². The molecule has 1 aromatic heterocycles. The first-order chi connectivity index (χ1) is 12.4. The van der Waals surface area contributed by atoms with Crippen molar-refractivity contribution in [2.75, 3.05) is 5.75 Å². The number of carboxylic acid groups (broad SMARTS) is 1. The van der Waals surface area contributed by atoms with Crippen LogP contribution in [0.4, 0.5) is 4.79 Å². The highest BCUT2D eigenvalue weighted by molar-refractivity contribution is 8.33. The minimum Gasteiger partial charge on any atom is -0.477 e.